The summed E-state index contributed by atoms with van der Waals surface area (Å²) in [5, 5.41) is 3.56. The zero-order valence-corrected chi connectivity index (χ0v) is 14.7. The van der Waals surface area contributed by atoms with Crippen LogP contribution in [0.2, 0.25) is 0 Å². The molecule has 0 fully saturated rings. The van der Waals surface area contributed by atoms with Gasteiger partial charge >= 0.3 is 0 Å². The molecule has 0 aliphatic rings. The second-order valence-electron chi connectivity index (χ2n) is 6.11. The molecule has 0 saturated heterocycles. The Morgan fingerprint density at radius 1 is 0.929 bits per heavy atom. The van der Waals surface area contributed by atoms with E-state index in [1.165, 1.54) is 12.1 Å². The minimum Gasteiger partial charge on any atom is -0.367 e. The van der Waals surface area contributed by atoms with E-state index in [0.717, 1.165) is 11.6 Å². The van der Waals surface area contributed by atoms with Gasteiger partial charge in [-0.3, -0.25) is 4.98 Å². The normalized spacial score (nSPS) is 11.0. The first-order valence-corrected chi connectivity index (χ1v) is 8.63. The smallest absolute Gasteiger partial charge is 0.163 e. The van der Waals surface area contributed by atoms with Gasteiger partial charge in [0, 0.05) is 41.5 Å². The van der Waals surface area contributed by atoms with Crippen molar-refractivity contribution in [2.75, 3.05) is 18.5 Å². The summed E-state index contributed by atoms with van der Waals surface area (Å²) in [4.78, 5) is 13.1. The third-order valence-electron chi connectivity index (χ3n) is 4.24. The van der Waals surface area contributed by atoms with Gasteiger partial charge in [-0.15, -0.1) is 0 Å². The Kier molecular flexibility index (Phi) is 4.89. The van der Waals surface area contributed by atoms with Gasteiger partial charge in [-0.1, -0.05) is 6.07 Å². The number of pyridine rings is 1. The zero-order valence-electron chi connectivity index (χ0n) is 14.7. The lowest BCUT2D eigenvalue weighted by molar-refractivity contribution is 0.512. The molecule has 4 rings (SSSR count). The van der Waals surface area contributed by atoms with Gasteiger partial charge in [0.25, 0.3) is 0 Å². The fourth-order valence-electron chi connectivity index (χ4n) is 2.94. The fourth-order valence-corrected chi connectivity index (χ4v) is 2.94. The number of nitrogens with one attached hydrogen (secondary N) is 1. The molecule has 4 nitrogen and oxygen atoms in total. The quantitative estimate of drug-likeness (QED) is 0.528. The molecule has 1 N–H and O–H groups in total. The van der Waals surface area contributed by atoms with Crippen LogP contribution in [-0.4, -0.2) is 28.2 Å². The predicted molar refractivity (Wildman–Crippen MR) is 103 cm³/mol. The van der Waals surface area contributed by atoms with Crippen LogP contribution in [0.4, 0.5) is 19.0 Å². The summed E-state index contributed by atoms with van der Waals surface area (Å²) < 4.78 is 40.1. The van der Waals surface area contributed by atoms with E-state index in [0.29, 0.717) is 28.1 Å². The summed E-state index contributed by atoms with van der Waals surface area (Å²) in [6.07, 6.45) is 3.29. The van der Waals surface area contributed by atoms with Crippen LogP contribution in [0.3, 0.4) is 0 Å². The Balaban J connectivity index is 1.87. The first-order chi connectivity index (χ1) is 13.7. The van der Waals surface area contributed by atoms with Crippen molar-refractivity contribution in [3.63, 3.8) is 0 Å². The molecule has 0 saturated carbocycles. The second kappa shape index (κ2) is 7.64. The highest BCUT2D eigenvalue weighted by Gasteiger charge is 2.13. The number of halogens is 3. The van der Waals surface area contributed by atoms with Crippen LogP contribution < -0.4 is 5.32 Å². The Morgan fingerprint density at radius 2 is 1.82 bits per heavy atom. The molecule has 7 heteroatoms. The minimum atomic E-state index is -0.662. The summed E-state index contributed by atoms with van der Waals surface area (Å²) in [5.74, 6) is -0.421. The molecule has 2 aromatic carbocycles. The van der Waals surface area contributed by atoms with E-state index in [1.54, 1.807) is 36.7 Å². The maximum Gasteiger partial charge on any atom is 0.163 e. The number of benzene rings is 2. The van der Waals surface area contributed by atoms with E-state index in [1.807, 2.05) is 6.07 Å². The van der Waals surface area contributed by atoms with Crippen molar-refractivity contribution in [3.8, 4) is 22.5 Å². The predicted octanol–water partition coefficient (Wildman–Crippen LogP) is 5.02. The lowest BCUT2D eigenvalue weighted by atomic mass is 10.0. The van der Waals surface area contributed by atoms with Crippen molar-refractivity contribution in [1.29, 1.82) is 0 Å². The molecule has 0 aliphatic heterocycles. The minimum absolute atomic E-state index is 0.0771. The Labute approximate surface area is 159 Å². The van der Waals surface area contributed by atoms with Gasteiger partial charge in [-0.25, -0.2) is 23.1 Å². The van der Waals surface area contributed by atoms with Crippen LogP contribution in [0.15, 0.2) is 60.9 Å². The topological polar surface area (TPSA) is 50.7 Å². The average Bonchev–Trinajstić information content (AvgIpc) is 2.72. The molecule has 2 heterocycles. The van der Waals surface area contributed by atoms with Crippen molar-refractivity contribution < 1.29 is 13.2 Å². The standard InChI is InChI=1S/C21H15F3N4/c22-7-9-26-21-17-10-13(16-5-4-15(23)11-18(16)24)3-6-19(17)27-20(28-21)14-2-1-8-25-12-14/h1-6,8,10-12H,7,9H2,(H,26,27,28). The molecule has 0 atom stereocenters. The van der Waals surface area contributed by atoms with E-state index in [-0.39, 0.29) is 12.1 Å². The number of fused-ring (bicyclic) bond motifs is 1. The maximum atomic E-state index is 14.2. The first-order valence-electron chi connectivity index (χ1n) is 8.63. The molecule has 140 valence electrons. The van der Waals surface area contributed by atoms with E-state index in [2.05, 4.69) is 20.3 Å². The van der Waals surface area contributed by atoms with Crippen molar-refractivity contribution in [1.82, 2.24) is 15.0 Å². The van der Waals surface area contributed by atoms with E-state index >= 15 is 0 Å². The van der Waals surface area contributed by atoms with Gasteiger partial charge < -0.3 is 5.32 Å². The molecule has 2 aromatic heterocycles. The van der Waals surface area contributed by atoms with Gasteiger partial charge in [-0.05, 0) is 42.0 Å². The number of rotatable bonds is 5. The fraction of sp³-hybridized carbons (Fsp3) is 0.0952. The first kappa shape index (κ1) is 17.9. The number of aromatic nitrogens is 3. The van der Waals surface area contributed by atoms with Crippen LogP contribution in [0, 0.1) is 11.6 Å². The zero-order chi connectivity index (χ0) is 19.5. The molecule has 0 spiro atoms. The van der Waals surface area contributed by atoms with Crippen molar-refractivity contribution in [2.45, 2.75) is 0 Å². The average molecular weight is 380 g/mol. The SMILES string of the molecule is FCCNc1nc(-c2cccnc2)nc2ccc(-c3ccc(F)cc3F)cc12. The Bertz CT molecular complexity index is 1130. The van der Waals surface area contributed by atoms with Gasteiger partial charge in [0.1, 0.15) is 24.1 Å². The molecule has 0 amide bonds. The number of hydrogen-bond donors (Lipinski definition) is 1. The summed E-state index contributed by atoms with van der Waals surface area (Å²) in [6.45, 7) is -0.492. The highest BCUT2D eigenvalue weighted by Crippen LogP contribution is 2.30. The van der Waals surface area contributed by atoms with Crippen LogP contribution >= 0.6 is 0 Å². The van der Waals surface area contributed by atoms with Gasteiger partial charge in [-0.2, -0.15) is 0 Å². The molecule has 0 radical (unpaired) electrons. The third kappa shape index (κ3) is 3.51. The van der Waals surface area contributed by atoms with Crippen molar-refractivity contribution >= 4 is 16.7 Å². The highest BCUT2D eigenvalue weighted by atomic mass is 19.1. The lowest BCUT2D eigenvalue weighted by Gasteiger charge is -2.12. The van der Waals surface area contributed by atoms with Crippen LogP contribution in [0.5, 0.6) is 0 Å². The van der Waals surface area contributed by atoms with Crippen molar-refractivity contribution in [2.24, 2.45) is 0 Å². The Hall–Kier alpha value is -3.48. The maximum absolute atomic E-state index is 14.2. The van der Waals surface area contributed by atoms with E-state index in [9.17, 15) is 13.2 Å². The molecular formula is C21H15F3N4. The number of anilines is 1. The number of alkyl halides is 1. The number of nitrogens with zero attached hydrogens (tertiary/aromatic N) is 3. The summed E-state index contributed by atoms with van der Waals surface area (Å²) >= 11 is 0. The van der Waals surface area contributed by atoms with Gasteiger partial charge in [0.15, 0.2) is 5.82 Å². The van der Waals surface area contributed by atoms with Crippen LogP contribution in [0.25, 0.3) is 33.4 Å². The summed E-state index contributed by atoms with van der Waals surface area (Å²) in [7, 11) is 0. The summed E-state index contributed by atoms with van der Waals surface area (Å²) in [6, 6.07) is 12.2. The summed E-state index contributed by atoms with van der Waals surface area (Å²) in [5.41, 5.74) is 2.14. The lowest BCUT2D eigenvalue weighted by Crippen LogP contribution is -2.07. The van der Waals surface area contributed by atoms with Crippen LogP contribution in [0.1, 0.15) is 0 Å². The van der Waals surface area contributed by atoms with E-state index < -0.39 is 18.3 Å². The molecule has 28 heavy (non-hydrogen) atoms. The van der Waals surface area contributed by atoms with E-state index in [4.69, 9.17) is 0 Å². The molecule has 0 aliphatic carbocycles. The van der Waals surface area contributed by atoms with Gasteiger partial charge in [0.2, 0.25) is 0 Å². The molecular weight excluding hydrogens is 365 g/mol. The second-order valence-corrected chi connectivity index (χ2v) is 6.11. The van der Waals surface area contributed by atoms with Crippen LogP contribution in [-0.2, 0) is 0 Å². The highest BCUT2D eigenvalue weighted by molar-refractivity contribution is 5.94. The Morgan fingerprint density at radius 3 is 2.57 bits per heavy atom. The molecule has 0 bridgehead atoms. The molecule has 0 unspecified atom stereocenters. The molecule has 4 aromatic rings. The largest absolute Gasteiger partial charge is 0.367 e. The third-order valence-corrected chi connectivity index (χ3v) is 4.24. The van der Waals surface area contributed by atoms with Gasteiger partial charge in [0.05, 0.1) is 5.52 Å². The van der Waals surface area contributed by atoms with Crippen molar-refractivity contribution in [3.05, 3.63) is 72.6 Å². The monoisotopic (exact) mass is 380 g/mol. The number of hydrogen-bond acceptors (Lipinski definition) is 4.